The van der Waals surface area contributed by atoms with Gasteiger partial charge in [0.15, 0.2) is 0 Å². The summed E-state index contributed by atoms with van der Waals surface area (Å²) in [6, 6.07) is 29.8. The van der Waals surface area contributed by atoms with Gasteiger partial charge >= 0.3 is 0 Å². The van der Waals surface area contributed by atoms with Crippen LogP contribution in [-0.4, -0.2) is 17.4 Å². The third-order valence-electron chi connectivity index (χ3n) is 4.11. The van der Waals surface area contributed by atoms with Crippen molar-refractivity contribution in [3.63, 3.8) is 0 Å². The smallest absolute Gasteiger partial charge is 0.226 e. The predicted octanol–water partition coefficient (Wildman–Crippen LogP) is 4.68. The summed E-state index contributed by atoms with van der Waals surface area (Å²) in [7, 11) is 0. The molecule has 0 radical (unpaired) electrons. The minimum Gasteiger partial charge on any atom is -0.493 e. The zero-order chi connectivity index (χ0) is 18.0. The van der Waals surface area contributed by atoms with Gasteiger partial charge in [-0.3, -0.25) is 4.79 Å². The summed E-state index contributed by atoms with van der Waals surface area (Å²) in [5, 5.41) is 0. The van der Waals surface area contributed by atoms with Crippen LogP contribution in [0.15, 0.2) is 91.0 Å². The molecule has 132 valence electrons. The van der Waals surface area contributed by atoms with Crippen LogP contribution < -0.4 is 4.74 Å². The molecule has 0 aliphatic rings. The van der Waals surface area contributed by atoms with Gasteiger partial charge in [0.2, 0.25) is 5.91 Å². The number of para-hydroxylation sites is 1. The maximum absolute atomic E-state index is 12.8. The zero-order valence-corrected chi connectivity index (χ0v) is 14.8. The number of amides is 1. The fraction of sp³-hybridized carbons (Fsp3) is 0.174. The predicted molar refractivity (Wildman–Crippen MR) is 104 cm³/mol. The number of ether oxygens (including phenoxy) is 1. The van der Waals surface area contributed by atoms with Gasteiger partial charge in [-0.25, -0.2) is 0 Å². The Kier molecular flexibility index (Phi) is 6.43. The van der Waals surface area contributed by atoms with Gasteiger partial charge in [-0.1, -0.05) is 78.9 Å². The molecule has 0 bridgehead atoms. The van der Waals surface area contributed by atoms with Crippen LogP contribution in [0.3, 0.4) is 0 Å². The molecular weight excluding hydrogens is 322 g/mol. The molecule has 0 unspecified atom stereocenters. The summed E-state index contributed by atoms with van der Waals surface area (Å²) >= 11 is 0. The van der Waals surface area contributed by atoms with Crippen LogP contribution in [0.2, 0.25) is 0 Å². The Morgan fingerprint density at radius 3 is 1.65 bits per heavy atom. The van der Waals surface area contributed by atoms with Gasteiger partial charge in [0.05, 0.1) is 13.0 Å². The van der Waals surface area contributed by atoms with Gasteiger partial charge < -0.3 is 9.64 Å². The van der Waals surface area contributed by atoms with E-state index in [0.717, 1.165) is 16.9 Å². The van der Waals surface area contributed by atoms with Gasteiger partial charge in [0.25, 0.3) is 0 Å². The van der Waals surface area contributed by atoms with Crippen molar-refractivity contribution < 1.29 is 9.53 Å². The lowest BCUT2D eigenvalue weighted by atomic mass is 10.1. The van der Waals surface area contributed by atoms with E-state index in [0.29, 0.717) is 26.1 Å². The number of benzene rings is 3. The molecule has 3 heteroatoms. The van der Waals surface area contributed by atoms with Gasteiger partial charge in [-0.2, -0.15) is 0 Å². The monoisotopic (exact) mass is 345 g/mol. The molecule has 0 saturated heterocycles. The first-order chi connectivity index (χ1) is 12.8. The van der Waals surface area contributed by atoms with Crippen LogP contribution in [0.4, 0.5) is 0 Å². The third kappa shape index (κ3) is 5.49. The van der Waals surface area contributed by atoms with E-state index in [1.165, 1.54) is 0 Å². The Labute approximate surface area is 154 Å². The number of nitrogens with zero attached hydrogens (tertiary/aromatic N) is 1. The second kappa shape index (κ2) is 9.42. The molecule has 0 aromatic heterocycles. The number of rotatable bonds is 8. The lowest BCUT2D eigenvalue weighted by Crippen LogP contribution is -2.31. The van der Waals surface area contributed by atoms with Crippen LogP contribution in [0.1, 0.15) is 17.5 Å². The highest BCUT2D eigenvalue weighted by molar-refractivity contribution is 5.76. The van der Waals surface area contributed by atoms with Crippen molar-refractivity contribution >= 4 is 5.91 Å². The largest absolute Gasteiger partial charge is 0.493 e. The third-order valence-corrected chi connectivity index (χ3v) is 4.11. The van der Waals surface area contributed by atoms with Gasteiger partial charge in [-0.05, 0) is 23.3 Å². The molecule has 0 aliphatic carbocycles. The quantitative estimate of drug-likeness (QED) is 0.593. The summed E-state index contributed by atoms with van der Waals surface area (Å²) in [5.74, 6) is 0.881. The molecule has 0 spiro atoms. The van der Waals surface area contributed by atoms with E-state index in [1.54, 1.807) is 0 Å². The fourth-order valence-corrected chi connectivity index (χ4v) is 2.77. The van der Waals surface area contributed by atoms with Crippen molar-refractivity contribution in [2.45, 2.75) is 19.5 Å². The van der Waals surface area contributed by atoms with Crippen LogP contribution >= 0.6 is 0 Å². The van der Waals surface area contributed by atoms with E-state index in [2.05, 4.69) is 0 Å². The molecular formula is C23H23NO2. The van der Waals surface area contributed by atoms with Crippen molar-refractivity contribution in [3.8, 4) is 5.75 Å². The summed E-state index contributed by atoms with van der Waals surface area (Å²) in [6.45, 7) is 1.57. The second-order valence-corrected chi connectivity index (χ2v) is 6.13. The van der Waals surface area contributed by atoms with Crippen molar-refractivity contribution in [3.05, 3.63) is 102 Å². The first-order valence-electron chi connectivity index (χ1n) is 8.85. The van der Waals surface area contributed by atoms with E-state index >= 15 is 0 Å². The zero-order valence-electron chi connectivity index (χ0n) is 14.8. The minimum absolute atomic E-state index is 0.0913. The van der Waals surface area contributed by atoms with Crippen molar-refractivity contribution in [2.75, 3.05) is 6.61 Å². The number of hydrogen-bond donors (Lipinski definition) is 0. The molecule has 0 saturated carbocycles. The molecule has 26 heavy (non-hydrogen) atoms. The van der Waals surface area contributed by atoms with E-state index in [4.69, 9.17) is 4.74 Å². The molecule has 1 amide bonds. The maximum Gasteiger partial charge on any atom is 0.226 e. The molecule has 3 rings (SSSR count). The lowest BCUT2D eigenvalue weighted by Gasteiger charge is -2.23. The molecule has 0 aliphatic heterocycles. The van der Waals surface area contributed by atoms with Crippen molar-refractivity contribution in [1.29, 1.82) is 0 Å². The van der Waals surface area contributed by atoms with E-state index in [9.17, 15) is 4.79 Å². The second-order valence-electron chi connectivity index (χ2n) is 6.13. The highest BCUT2D eigenvalue weighted by atomic mass is 16.5. The maximum atomic E-state index is 12.8. The molecule has 0 N–H and O–H groups in total. The first-order valence-corrected chi connectivity index (χ1v) is 8.85. The topological polar surface area (TPSA) is 29.5 Å². The van der Waals surface area contributed by atoms with Crippen molar-refractivity contribution in [2.24, 2.45) is 0 Å². The standard InChI is InChI=1S/C23H23NO2/c25-23(16-17-26-22-14-8-3-9-15-22)24(18-20-10-4-1-5-11-20)19-21-12-6-2-7-13-21/h1-15H,16-19H2. The Morgan fingerprint density at radius 2 is 1.15 bits per heavy atom. The van der Waals surface area contributed by atoms with Gasteiger partial charge in [0, 0.05) is 13.1 Å². The summed E-state index contributed by atoms with van der Waals surface area (Å²) < 4.78 is 5.68. The molecule has 0 atom stereocenters. The average molecular weight is 345 g/mol. The van der Waals surface area contributed by atoms with E-state index in [-0.39, 0.29) is 5.91 Å². The van der Waals surface area contributed by atoms with E-state index in [1.807, 2.05) is 95.9 Å². The first kappa shape index (κ1) is 17.7. The summed E-state index contributed by atoms with van der Waals surface area (Å²) in [4.78, 5) is 14.7. The molecule has 3 aromatic rings. The number of carbonyl (C=O) groups is 1. The van der Waals surface area contributed by atoms with Crippen LogP contribution in [0.25, 0.3) is 0 Å². The molecule has 0 heterocycles. The van der Waals surface area contributed by atoms with Crippen LogP contribution in [0, 0.1) is 0 Å². The molecule has 3 nitrogen and oxygen atoms in total. The molecule has 0 fully saturated rings. The SMILES string of the molecule is O=C(CCOc1ccccc1)N(Cc1ccccc1)Cc1ccccc1. The fourth-order valence-electron chi connectivity index (χ4n) is 2.77. The Bertz CT molecular complexity index is 747. The van der Waals surface area contributed by atoms with Gasteiger partial charge in [-0.15, -0.1) is 0 Å². The van der Waals surface area contributed by atoms with Crippen molar-refractivity contribution in [1.82, 2.24) is 4.90 Å². The lowest BCUT2D eigenvalue weighted by molar-refractivity contribution is -0.133. The number of carbonyl (C=O) groups excluding carboxylic acids is 1. The average Bonchev–Trinajstić information content (AvgIpc) is 2.70. The highest BCUT2D eigenvalue weighted by Crippen LogP contribution is 2.13. The summed E-state index contributed by atoms with van der Waals surface area (Å²) in [5.41, 5.74) is 2.25. The highest BCUT2D eigenvalue weighted by Gasteiger charge is 2.14. The molecule has 3 aromatic carbocycles. The Balaban J connectivity index is 1.62. The van der Waals surface area contributed by atoms with Gasteiger partial charge in [0.1, 0.15) is 5.75 Å². The normalized spacial score (nSPS) is 10.3. The van der Waals surface area contributed by atoms with Crippen LogP contribution in [-0.2, 0) is 17.9 Å². The van der Waals surface area contributed by atoms with Crippen LogP contribution in [0.5, 0.6) is 5.75 Å². The summed E-state index contributed by atoms with van der Waals surface area (Å²) in [6.07, 6.45) is 0.356. The Morgan fingerprint density at radius 1 is 0.692 bits per heavy atom. The van der Waals surface area contributed by atoms with E-state index < -0.39 is 0 Å². The number of hydrogen-bond acceptors (Lipinski definition) is 2. The minimum atomic E-state index is 0.0913. The Hall–Kier alpha value is -3.07.